The van der Waals surface area contributed by atoms with Gasteiger partial charge in [0.15, 0.2) is 0 Å². The maximum atomic E-state index is 3.59. The molecule has 0 bridgehead atoms. The highest BCUT2D eigenvalue weighted by Gasteiger charge is 2.17. The molecule has 98 valence electrons. The molecular weight excluding hydrogens is 704 g/mol. The summed E-state index contributed by atoms with van der Waals surface area (Å²) in [6.07, 6.45) is 0. The zero-order valence-electron chi connectivity index (χ0n) is 7.90. The van der Waals surface area contributed by atoms with Crippen LogP contribution in [0.25, 0.3) is 0 Å². The fraction of sp³-hybridized carbons (Fsp3) is 0. The molecule has 18 heavy (non-hydrogen) atoms. The van der Waals surface area contributed by atoms with Crippen molar-refractivity contribution >= 4 is 140 Å². The topological polar surface area (TPSA) is 0 Å². The van der Waals surface area contributed by atoms with Crippen molar-refractivity contribution in [1.29, 1.82) is 0 Å². The Morgan fingerprint density at radius 1 is 0.556 bits per heavy atom. The van der Waals surface area contributed by atoms with Gasteiger partial charge < -0.3 is 0 Å². The van der Waals surface area contributed by atoms with E-state index >= 15 is 0 Å². The van der Waals surface area contributed by atoms with Crippen LogP contribution in [0.15, 0.2) is 33.9 Å². The molecule has 2 heterocycles. The molecule has 0 atom stereocenters. The van der Waals surface area contributed by atoms with Crippen molar-refractivity contribution in [1.82, 2.24) is 0 Å². The van der Waals surface area contributed by atoms with Gasteiger partial charge in [-0.3, -0.25) is 0 Å². The van der Waals surface area contributed by atoms with Crippen LogP contribution in [0.1, 0.15) is 0 Å². The van der Waals surface area contributed by atoms with Gasteiger partial charge in [0.2, 0.25) is 0 Å². The largest absolute Gasteiger partial charge is 0.118 e. The van der Waals surface area contributed by atoms with E-state index in [1.54, 1.807) is 44.3 Å². The van der Waals surface area contributed by atoms with Crippen molar-refractivity contribution in [2.45, 2.75) is 8.42 Å². The molecule has 0 fully saturated rings. The smallest absolute Gasteiger partial charge is 0.0875 e. The van der Waals surface area contributed by atoms with Crippen molar-refractivity contribution < 1.29 is 0 Å². The second-order valence-electron chi connectivity index (χ2n) is 2.75. The lowest BCUT2D eigenvalue weighted by Gasteiger charge is -1.97. The van der Waals surface area contributed by atoms with Crippen molar-refractivity contribution in [2.24, 2.45) is 0 Å². The Bertz CT molecular complexity index is 537. The van der Waals surface area contributed by atoms with E-state index in [2.05, 4.69) is 95.6 Å². The molecule has 2 rings (SSSR count). The summed E-state index contributed by atoms with van der Waals surface area (Å²) in [5.74, 6) is 0. The van der Waals surface area contributed by atoms with Crippen LogP contribution in [0.3, 0.4) is 0 Å². The molecule has 0 nitrogen and oxygen atoms in total. The van der Waals surface area contributed by atoms with E-state index in [0.717, 1.165) is 25.5 Å². The van der Waals surface area contributed by atoms with Gasteiger partial charge >= 0.3 is 0 Å². The van der Waals surface area contributed by atoms with Crippen LogP contribution in [0.5, 0.6) is 0 Å². The van der Waals surface area contributed by atoms with E-state index in [-0.39, 0.29) is 0 Å². The number of hydrogen-bond donors (Lipinski definition) is 0. The highest BCUT2D eigenvalue weighted by atomic mass is 79.9. The SMILES string of the molecule is Brc1sc(SSc2sc(Br)c(Br)c2Br)c(Br)c1Br. The fourth-order valence-electron chi connectivity index (χ4n) is 0.877. The minimum Gasteiger partial charge on any atom is -0.118 e. The van der Waals surface area contributed by atoms with E-state index in [0.29, 0.717) is 0 Å². The lowest BCUT2D eigenvalue weighted by molar-refractivity contribution is 1.59. The number of rotatable bonds is 3. The van der Waals surface area contributed by atoms with Gasteiger partial charge in [0, 0.05) is 0 Å². The van der Waals surface area contributed by atoms with Crippen LogP contribution in [-0.2, 0) is 0 Å². The van der Waals surface area contributed by atoms with Crippen LogP contribution in [-0.4, -0.2) is 0 Å². The standard InChI is InChI=1S/C8Br6S4/c9-1-3(11)7(15-5(1)13)17-18-8-4(12)2(10)6(14)16-8. The van der Waals surface area contributed by atoms with Gasteiger partial charge in [0.25, 0.3) is 0 Å². The summed E-state index contributed by atoms with van der Waals surface area (Å²) in [7, 11) is 3.48. The number of thiophene rings is 2. The van der Waals surface area contributed by atoms with Gasteiger partial charge in [-0.1, -0.05) is 0 Å². The average molecular weight is 704 g/mol. The van der Waals surface area contributed by atoms with Gasteiger partial charge in [-0.05, 0) is 117 Å². The van der Waals surface area contributed by atoms with Crippen molar-refractivity contribution in [3.05, 3.63) is 25.5 Å². The predicted molar refractivity (Wildman–Crippen MR) is 107 cm³/mol. The minimum atomic E-state index is 1.07. The van der Waals surface area contributed by atoms with Crippen molar-refractivity contribution in [2.75, 3.05) is 0 Å². The number of hydrogen-bond acceptors (Lipinski definition) is 4. The molecule has 0 saturated carbocycles. The molecule has 0 radical (unpaired) electrons. The third kappa shape index (κ3) is 3.84. The fourth-order valence-corrected chi connectivity index (χ4v) is 11.6. The molecule has 0 saturated heterocycles. The Balaban J connectivity index is 2.16. The van der Waals surface area contributed by atoms with E-state index < -0.39 is 0 Å². The van der Waals surface area contributed by atoms with Gasteiger partial charge in [0.05, 0.1) is 33.9 Å². The monoisotopic (exact) mass is 697 g/mol. The normalized spacial score (nSPS) is 11.2. The van der Waals surface area contributed by atoms with Gasteiger partial charge in [-0.2, -0.15) is 0 Å². The van der Waals surface area contributed by atoms with Crippen molar-refractivity contribution in [3.63, 3.8) is 0 Å². The Morgan fingerprint density at radius 2 is 0.889 bits per heavy atom. The average Bonchev–Trinajstić information content (AvgIpc) is 2.72. The lowest BCUT2D eigenvalue weighted by atomic mass is 10.7. The molecule has 0 aliphatic carbocycles. The second-order valence-corrected chi connectivity index (χ2v) is 13.3. The van der Waals surface area contributed by atoms with Crippen LogP contribution in [0, 0.1) is 0 Å². The van der Waals surface area contributed by atoms with E-state index in [4.69, 9.17) is 0 Å². The molecule has 0 aromatic carbocycles. The summed E-state index contributed by atoms with van der Waals surface area (Å²) < 4.78 is 9.00. The summed E-state index contributed by atoms with van der Waals surface area (Å²) in [6, 6.07) is 0. The Morgan fingerprint density at radius 3 is 1.11 bits per heavy atom. The predicted octanol–water partition coefficient (Wildman–Crippen LogP) is 9.18. The van der Waals surface area contributed by atoms with Crippen LogP contribution in [0.2, 0.25) is 0 Å². The molecule has 0 amide bonds. The third-order valence-electron chi connectivity index (χ3n) is 1.65. The summed E-state index contributed by atoms with van der Waals surface area (Å²) in [4.78, 5) is 0. The maximum Gasteiger partial charge on any atom is 0.0875 e. The molecular formula is C8Br6S4. The van der Waals surface area contributed by atoms with Crippen LogP contribution < -0.4 is 0 Å². The van der Waals surface area contributed by atoms with Gasteiger partial charge in [0.1, 0.15) is 0 Å². The molecule has 0 unspecified atom stereocenters. The second kappa shape index (κ2) is 7.50. The molecule has 2 aromatic heterocycles. The molecule has 10 heteroatoms. The van der Waals surface area contributed by atoms with Gasteiger partial charge in [-0.25, -0.2) is 0 Å². The first-order chi connectivity index (χ1) is 8.41. The van der Waals surface area contributed by atoms with Crippen LogP contribution in [0.4, 0.5) is 0 Å². The summed E-state index contributed by atoms with van der Waals surface area (Å²) >= 11 is 24.7. The zero-order chi connectivity index (χ0) is 13.4. The highest BCUT2D eigenvalue weighted by molar-refractivity contribution is 9.15. The molecule has 0 N–H and O–H groups in total. The Hall–Kier alpha value is 2.98. The quantitative estimate of drug-likeness (QED) is 0.293. The molecule has 0 aliphatic heterocycles. The minimum absolute atomic E-state index is 1.07. The summed E-state index contributed by atoms with van der Waals surface area (Å²) in [5, 5.41) is 0. The first kappa shape index (κ1) is 17.3. The zero-order valence-corrected chi connectivity index (χ0v) is 20.7. The van der Waals surface area contributed by atoms with Crippen molar-refractivity contribution in [3.8, 4) is 0 Å². The van der Waals surface area contributed by atoms with E-state index in [1.807, 2.05) is 0 Å². The third-order valence-corrected chi connectivity index (χ3v) is 15.5. The van der Waals surface area contributed by atoms with E-state index in [1.165, 1.54) is 8.42 Å². The molecule has 0 spiro atoms. The lowest BCUT2D eigenvalue weighted by Crippen LogP contribution is -1.62. The summed E-state index contributed by atoms with van der Waals surface area (Å²) in [6.45, 7) is 0. The summed E-state index contributed by atoms with van der Waals surface area (Å²) in [5.41, 5.74) is 0. The molecule has 0 aliphatic rings. The first-order valence-corrected chi connectivity index (χ1v) is 12.6. The maximum absolute atomic E-state index is 3.59. The Labute approximate surface area is 171 Å². The van der Waals surface area contributed by atoms with Gasteiger partial charge in [-0.15, -0.1) is 22.7 Å². The number of halogens is 6. The Kier molecular flexibility index (Phi) is 7.22. The van der Waals surface area contributed by atoms with E-state index in [9.17, 15) is 0 Å². The first-order valence-electron chi connectivity index (χ1n) is 4.03. The van der Waals surface area contributed by atoms with Crippen LogP contribution >= 0.6 is 140 Å². The highest BCUT2D eigenvalue weighted by Crippen LogP contribution is 2.55. The molecule has 2 aromatic rings.